The minimum atomic E-state index is 0.241. The van der Waals surface area contributed by atoms with Crippen LogP contribution in [0.2, 0.25) is 0 Å². The van der Waals surface area contributed by atoms with Crippen molar-refractivity contribution < 1.29 is 0 Å². The largest absolute Gasteiger partial charge is 0.327 e. The van der Waals surface area contributed by atoms with E-state index in [1.807, 2.05) is 0 Å². The topological polar surface area (TPSA) is 29.3 Å². The van der Waals surface area contributed by atoms with Gasteiger partial charge in [0.15, 0.2) is 0 Å². The van der Waals surface area contributed by atoms with Gasteiger partial charge in [-0.3, -0.25) is 0 Å². The Labute approximate surface area is 108 Å². The molecule has 1 heterocycles. The zero-order valence-electron chi connectivity index (χ0n) is 12.6. The zero-order valence-corrected chi connectivity index (χ0v) is 12.6. The fourth-order valence-electron chi connectivity index (χ4n) is 2.46. The van der Waals surface area contributed by atoms with Gasteiger partial charge in [0.05, 0.1) is 0 Å². The van der Waals surface area contributed by atoms with E-state index in [0.717, 1.165) is 6.42 Å². The molecule has 0 amide bonds. The molecule has 0 aliphatic carbocycles. The lowest BCUT2D eigenvalue weighted by Gasteiger charge is -2.30. The molecule has 2 N–H and O–H groups in total. The quantitative estimate of drug-likeness (QED) is 0.820. The first-order valence-electron chi connectivity index (χ1n) is 7.19. The third-order valence-electron chi connectivity index (χ3n) is 4.30. The predicted octanol–water partition coefficient (Wildman–Crippen LogP) is 3.26. The van der Waals surface area contributed by atoms with Crippen LogP contribution in [0.4, 0.5) is 0 Å². The third kappa shape index (κ3) is 5.39. The van der Waals surface area contributed by atoms with Crippen molar-refractivity contribution in [3.8, 4) is 0 Å². The van der Waals surface area contributed by atoms with Crippen LogP contribution in [0.5, 0.6) is 0 Å². The van der Waals surface area contributed by atoms with Gasteiger partial charge in [0, 0.05) is 6.04 Å². The van der Waals surface area contributed by atoms with Gasteiger partial charge in [0.1, 0.15) is 0 Å². The van der Waals surface area contributed by atoms with Crippen LogP contribution < -0.4 is 5.73 Å². The van der Waals surface area contributed by atoms with Crippen molar-refractivity contribution >= 4 is 0 Å². The standard InChI is InChI=1S/C15H32N2/c1-14(2,3)13(16)7-11-17-10-6-8-15(4,5)9-12-17/h13H,6-12,16H2,1-5H3. The van der Waals surface area contributed by atoms with Crippen LogP contribution in [0.3, 0.4) is 0 Å². The second-order valence-electron chi connectivity index (χ2n) is 7.62. The molecule has 1 unspecified atom stereocenters. The van der Waals surface area contributed by atoms with Crippen LogP contribution in [0.1, 0.15) is 60.3 Å². The number of nitrogens with two attached hydrogens (primary N) is 1. The maximum Gasteiger partial charge on any atom is 0.00998 e. The molecule has 2 heteroatoms. The molecule has 1 aliphatic heterocycles. The number of nitrogens with zero attached hydrogens (tertiary/aromatic N) is 1. The second kappa shape index (κ2) is 5.71. The summed E-state index contributed by atoms with van der Waals surface area (Å²) in [7, 11) is 0. The molecule has 1 saturated heterocycles. The van der Waals surface area contributed by atoms with Gasteiger partial charge >= 0.3 is 0 Å². The van der Waals surface area contributed by atoms with E-state index in [-0.39, 0.29) is 5.41 Å². The Morgan fingerprint density at radius 3 is 2.41 bits per heavy atom. The zero-order chi connectivity index (χ0) is 13.1. The first-order chi connectivity index (χ1) is 7.71. The van der Waals surface area contributed by atoms with E-state index < -0.39 is 0 Å². The van der Waals surface area contributed by atoms with E-state index >= 15 is 0 Å². The van der Waals surface area contributed by atoms with E-state index in [9.17, 15) is 0 Å². The molecule has 17 heavy (non-hydrogen) atoms. The van der Waals surface area contributed by atoms with Gasteiger partial charge in [-0.2, -0.15) is 0 Å². The van der Waals surface area contributed by atoms with Crippen molar-refractivity contribution in [1.29, 1.82) is 0 Å². The lowest BCUT2D eigenvalue weighted by Crippen LogP contribution is -2.39. The molecule has 0 aromatic carbocycles. The normalized spacial score (nSPS) is 24.4. The third-order valence-corrected chi connectivity index (χ3v) is 4.30. The summed E-state index contributed by atoms with van der Waals surface area (Å²) >= 11 is 0. The van der Waals surface area contributed by atoms with Gasteiger partial charge in [-0.1, -0.05) is 34.6 Å². The highest BCUT2D eigenvalue weighted by Gasteiger charge is 2.25. The first-order valence-corrected chi connectivity index (χ1v) is 7.19. The molecule has 0 spiro atoms. The highest BCUT2D eigenvalue weighted by molar-refractivity contribution is 4.80. The van der Waals surface area contributed by atoms with Crippen molar-refractivity contribution in [3.63, 3.8) is 0 Å². The molecule has 1 rings (SSSR count). The van der Waals surface area contributed by atoms with E-state index in [1.165, 1.54) is 38.9 Å². The Bertz CT molecular complexity index is 228. The monoisotopic (exact) mass is 240 g/mol. The Balaban J connectivity index is 2.33. The molecule has 0 aromatic rings. The molecule has 1 atom stereocenters. The van der Waals surface area contributed by atoms with E-state index in [1.54, 1.807) is 0 Å². The lowest BCUT2D eigenvalue weighted by molar-refractivity contribution is 0.225. The molecule has 0 aromatic heterocycles. The minimum absolute atomic E-state index is 0.241. The van der Waals surface area contributed by atoms with Crippen molar-refractivity contribution in [2.75, 3.05) is 19.6 Å². The lowest BCUT2D eigenvalue weighted by atomic mass is 9.85. The van der Waals surface area contributed by atoms with E-state index in [0.29, 0.717) is 11.5 Å². The summed E-state index contributed by atoms with van der Waals surface area (Å²) < 4.78 is 0. The second-order valence-corrected chi connectivity index (χ2v) is 7.62. The SMILES string of the molecule is CC1(C)CCCN(CCC(N)C(C)(C)C)CC1. The maximum absolute atomic E-state index is 6.23. The van der Waals surface area contributed by atoms with Crippen molar-refractivity contribution in [1.82, 2.24) is 4.90 Å². The van der Waals surface area contributed by atoms with Crippen molar-refractivity contribution in [2.24, 2.45) is 16.6 Å². The minimum Gasteiger partial charge on any atom is -0.327 e. The van der Waals surface area contributed by atoms with Gasteiger partial charge in [0.2, 0.25) is 0 Å². The van der Waals surface area contributed by atoms with E-state index in [4.69, 9.17) is 5.73 Å². The van der Waals surface area contributed by atoms with Crippen LogP contribution in [0.25, 0.3) is 0 Å². The Morgan fingerprint density at radius 1 is 1.18 bits per heavy atom. The molecule has 0 radical (unpaired) electrons. The fourth-order valence-corrected chi connectivity index (χ4v) is 2.46. The summed E-state index contributed by atoms with van der Waals surface area (Å²) in [4.78, 5) is 2.61. The first kappa shape index (κ1) is 15.0. The molecule has 102 valence electrons. The molecule has 2 nitrogen and oxygen atoms in total. The molecule has 0 saturated carbocycles. The fraction of sp³-hybridized carbons (Fsp3) is 1.00. The average molecular weight is 240 g/mol. The van der Waals surface area contributed by atoms with Crippen LogP contribution in [0.15, 0.2) is 0 Å². The summed E-state index contributed by atoms with van der Waals surface area (Å²) in [6, 6.07) is 0.318. The van der Waals surface area contributed by atoms with Crippen molar-refractivity contribution in [3.05, 3.63) is 0 Å². The number of hydrogen-bond donors (Lipinski definition) is 1. The number of hydrogen-bond acceptors (Lipinski definition) is 2. The molecule has 0 bridgehead atoms. The van der Waals surface area contributed by atoms with Crippen LogP contribution in [-0.2, 0) is 0 Å². The smallest absolute Gasteiger partial charge is 0.00998 e. The maximum atomic E-state index is 6.23. The molecular weight excluding hydrogens is 208 g/mol. The van der Waals surface area contributed by atoms with E-state index in [2.05, 4.69) is 39.5 Å². The van der Waals surface area contributed by atoms with Gasteiger partial charge in [-0.15, -0.1) is 0 Å². The molecule has 1 aliphatic rings. The van der Waals surface area contributed by atoms with Gasteiger partial charge in [-0.25, -0.2) is 0 Å². The molecule has 1 fully saturated rings. The highest BCUT2D eigenvalue weighted by atomic mass is 15.1. The Hall–Kier alpha value is -0.0800. The summed E-state index contributed by atoms with van der Waals surface area (Å²) in [6.45, 7) is 15.2. The highest BCUT2D eigenvalue weighted by Crippen LogP contribution is 2.30. The van der Waals surface area contributed by atoms with Gasteiger partial charge in [-0.05, 0) is 56.1 Å². The predicted molar refractivity (Wildman–Crippen MR) is 76.1 cm³/mol. The summed E-state index contributed by atoms with van der Waals surface area (Å²) in [5.41, 5.74) is 7.02. The average Bonchev–Trinajstić information content (AvgIpc) is 2.34. The number of rotatable bonds is 3. The Morgan fingerprint density at radius 2 is 1.82 bits per heavy atom. The van der Waals surface area contributed by atoms with Gasteiger partial charge < -0.3 is 10.6 Å². The summed E-state index contributed by atoms with van der Waals surface area (Å²) in [5.74, 6) is 0. The van der Waals surface area contributed by atoms with Crippen molar-refractivity contribution in [2.45, 2.75) is 66.3 Å². The van der Waals surface area contributed by atoms with Gasteiger partial charge in [0.25, 0.3) is 0 Å². The van der Waals surface area contributed by atoms with Crippen LogP contribution in [0, 0.1) is 10.8 Å². The number of likely N-dealkylation sites (tertiary alicyclic amines) is 1. The Kier molecular flexibility index (Phi) is 5.03. The van der Waals surface area contributed by atoms with Crippen LogP contribution in [-0.4, -0.2) is 30.6 Å². The summed E-state index contributed by atoms with van der Waals surface area (Å²) in [5, 5.41) is 0. The van der Waals surface area contributed by atoms with Crippen LogP contribution >= 0.6 is 0 Å². The molecular formula is C15H32N2. The summed E-state index contributed by atoms with van der Waals surface area (Å²) in [6.07, 6.45) is 5.17.